The topological polar surface area (TPSA) is 82.3 Å². The van der Waals surface area contributed by atoms with Crippen molar-refractivity contribution in [2.75, 3.05) is 13.1 Å². The summed E-state index contributed by atoms with van der Waals surface area (Å²) >= 11 is 0. The van der Waals surface area contributed by atoms with Crippen LogP contribution in [0.5, 0.6) is 0 Å². The van der Waals surface area contributed by atoms with E-state index in [0.717, 1.165) is 12.1 Å². The monoisotopic (exact) mass is 313 g/mol. The van der Waals surface area contributed by atoms with Crippen molar-refractivity contribution in [3.8, 4) is 0 Å². The van der Waals surface area contributed by atoms with Crippen LogP contribution in [0, 0.1) is 5.92 Å². The lowest BCUT2D eigenvalue weighted by molar-refractivity contribution is -0.166. The molecule has 2 aliphatic rings. The standard InChI is InChI=1S/C13H10F3N3O3/c14-13(15,16)12(17-18-12)9-3-1-7(2-4-9)10(20)19-5-8(6-19)11(21)22/h1-4,8H,5-6H2,(H,21,22). The number of benzene rings is 1. The summed E-state index contributed by atoms with van der Waals surface area (Å²) in [6, 6.07) is 4.86. The number of carbonyl (C=O) groups excluding carboxylic acids is 1. The van der Waals surface area contributed by atoms with E-state index in [4.69, 9.17) is 5.11 Å². The van der Waals surface area contributed by atoms with Crippen molar-refractivity contribution in [3.05, 3.63) is 35.4 Å². The molecule has 1 fully saturated rings. The lowest BCUT2D eigenvalue weighted by atomic mass is 9.97. The zero-order valence-corrected chi connectivity index (χ0v) is 11.0. The van der Waals surface area contributed by atoms with Crippen LogP contribution in [0.1, 0.15) is 15.9 Å². The van der Waals surface area contributed by atoms with Gasteiger partial charge in [-0.2, -0.15) is 13.2 Å². The minimum Gasteiger partial charge on any atom is -0.481 e. The molecule has 0 atom stereocenters. The largest absolute Gasteiger partial charge is 0.481 e. The van der Waals surface area contributed by atoms with Gasteiger partial charge in [0.15, 0.2) is 0 Å². The molecule has 6 nitrogen and oxygen atoms in total. The number of halogens is 3. The Morgan fingerprint density at radius 2 is 1.73 bits per heavy atom. The first-order chi connectivity index (χ1) is 10.2. The first-order valence-electron chi connectivity index (χ1n) is 6.38. The molecule has 0 bridgehead atoms. The maximum atomic E-state index is 12.8. The van der Waals surface area contributed by atoms with Gasteiger partial charge in [0, 0.05) is 24.2 Å². The summed E-state index contributed by atoms with van der Waals surface area (Å²) in [6.07, 6.45) is -4.61. The molecule has 1 aromatic rings. The molecule has 1 saturated heterocycles. The fraction of sp³-hybridized carbons (Fsp3) is 0.385. The molecule has 0 saturated carbocycles. The zero-order chi connectivity index (χ0) is 16.1. The molecule has 2 aliphatic heterocycles. The van der Waals surface area contributed by atoms with Crippen molar-refractivity contribution in [2.24, 2.45) is 16.1 Å². The molecule has 1 amide bonds. The number of aliphatic carboxylic acids is 1. The van der Waals surface area contributed by atoms with Gasteiger partial charge in [-0.3, -0.25) is 9.59 Å². The van der Waals surface area contributed by atoms with Gasteiger partial charge in [-0.1, -0.05) is 12.1 Å². The molecular weight excluding hydrogens is 303 g/mol. The molecule has 22 heavy (non-hydrogen) atoms. The third kappa shape index (κ3) is 2.13. The summed E-state index contributed by atoms with van der Waals surface area (Å²) < 4.78 is 38.5. The number of nitrogens with zero attached hydrogens (tertiary/aromatic N) is 3. The molecule has 0 aromatic heterocycles. The molecule has 116 valence electrons. The summed E-state index contributed by atoms with van der Waals surface area (Å²) in [6.45, 7) is 0.208. The van der Waals surface area contributed by atoms with E-state index in [0.29, 0.717) is 0 Å². The van der Waals surface area contributed by atoms with Gasteiger partial charge in [0.2, 0.25) is 0 Å². The van der Waals surface area contributed by atoms with E-state index in [-0.39, 0.29) is 24.2 Å². The summed E-state index contributed by atoms with van der Waals surface area (Å²) in [7, 11) is 0. The quantitative estimate of drug-likeness (QED) is 0.927. The smallest absolute Gasteiger partial charge is 0.442 e. The van der Waals surface area contributed by atoms with E-state index >= 15 is 0 Å². The number of carbonyl (C=O) groups is 2. The fourth-order valence-corrected chi connectivity index (χ4v) is 2.27. The third-order valence-corrected chi connectivity index (χ3v) is 3.75. The van der Waals surface area contributed by atoms with Gasteiger partial charge < -0.3 is 10.0 Å². The fourth-order valence-electron chi connectivity index (χ4n) is 2.27. The van der Waals surface area contributed by atoms with Crippen molar-refractivity contribution in [1.82, 2.24) is 4.90 Å². The van der Waals surface area contributed by atoms with Crippen LogP contribution in [0.15, 0.2) is 34.5 Å². The van der Waals surface area contributed by atoms with Gasteiger partial charge in [-0.15, -0.1) is 10.2 Å². The van der Waals surface area contributed by atoms with E-state index in [1.165, 1.54) is 17.0 Å². The number of amides is 1. The Balaban J connectivity index is 1.71. The van der Waals surface area contributed by atoms with Gasteiger partial charge in [-0.25, -0.2) is 0 Å². The SMILES string of the molecule is O=C(O)C1CN(C(=O)c2ccc(C3(C(F)(F)F)N=N3)cc2)C1. The van der Waals surface area contributed by atoms with E-state index in [2.05, 4.69) is 10.2 Å². The second-order valence-electron chi connectivity index (χ2n) is 5.19. The number of carboxylic acids is 1. The predicted octanol–water partition coefficient (Wildman–Crippen LogP) is 2.02. The van der Waals surface area contributed by atoms with Gasteiger partial charge in [0.05, 0.1) is 5.92 Å². The highest BCUT2D eigenvalue weighted by atomic mass is 19.4. The average molecular weight is 313 g/mol. The lowest BCUT2D eigenvalue weighted by Gasteiger charge is -2.36. The summed E-state index contributed by atoms with van der Waals surface area (Å²) in [5.41, 5.74) is -2.45. The third-order valence-electron chi connectivity index (χ3n) is 3.75. The number of alkyl halides is 3. The van der Waals surface area contributed by atoms with Crippen LogP contribution in [0.25, 0.3) is 0 Å². The molecule has 1 aromatic carbocycles. The molecular formula is C13H10F3N3O3. The molecule has 0 spiro atoms. The van der Waals surface area contributed by atoms with Crippen molar-refractivity contribution in [2.45, 2.75) is 11.8 Å². The lowest BCUT2D eigenvalue weighted by Crippen LogP contribution is -2.53. The van der Waals surface area contributed by atoms with Gasteiger partial charge in [-0.05, 0) is 12.1 Å². The molecule has 2 heterocycles. The van der Waals surface area contributed by atoms with Gasteiger partial charge in [0.25, 0.3) is 5.91 Å². The van der Waals surface area contributed by atoms with E-state index in [1.807, 2.05) is 0 Å². The van der Waals surface area contributed by atoms with Crippen LogP contribution >= 0.6 is 0 Å². The normalized spacial score (nSPS) is 19.7. The second-order valence-corrected chi connectivity index (χ2v) is 5.19. The Kier molecular flexibility index (Phi) is 2.98. The first kappa shape index (κ1) is 14.5. The van der Waals surface area contributed by atoms with Crippen LogP contribution in [0.2, 0.25) is 0 Å². The highest BCUT2D eigenvalue weighted by molar-refractivity contribution is 5.95. The molecule has 0 aliphatic carbocycles. The molecule has 0 radical (unpaired) electrons. The predicted molar refractivity (Wildman–Crippen MR) is 66.1 cm³/mol. The summed E-state index contributed by atoms with van der Waals surface area (Å²) in [5, 5.41) is 14.9. The molecule has 0 unspecified atom stereocenters. The Morgan fingerprint density at radius 1 is 1.18 bits per heavy atom. The van der Waals surface area contributed by atoms with Crippen LogP contribution < -0.4 is 0 Å². The number of hydrogen-bond acceptors (Lipinski definition) is 4. The number of carboxylic acid groups (broad SMARTS) is 1. The molecule has 1 N–H and O–H groups in total. The van der Waals surface area contributed by atoms with E-state index in [9.17, 15) is 22.8 Å². The molecule has 3 rings (SSSR count). The zero-order valence-electron chi connectivity index (χ0n) is 11.0. The minimum atomic E-state index is -4.61. The van der Waals surface area contributed by atoms with Crippen LogP contribution in [0.3, 0.4) is 0 Å². The highest BCUT2D eigenvalue weighted by Gasteiger charge is 2.65. The highest BCUT2D eigenvalue weighted by Crippen LogP contribution is 2.52. The van der Waals surface area contributed by atoms with E-state index in [1.54, 1.807) is 0 Å². The number of hydrogen-bond donors (Lipinski definition) is 1. The van der Waals surface area contributed by atoms with E-state index < -0.39 is 29.6 Å². The van der Waals surface area contributed by atoms with Crippen molar-refractivity contribution >= 4 is 11.9 Å². The van der Waals surface area contributed by atoms with Crippen LogP contribution in [-0.2, 0) is 10.5 Å². The maximum Gasteiger partial charge on any atom is 0.442 e. The van der Waals surface area contributed by atoms with Crippen molar-refractivity contribution in [3.63, 3.8) is 0 Å². The Labute approximate surface area is 122 Å². The Morgan fingerprint density at radius 3 is 2.14 bits per heavy atom. The minimum absolute atomic E-state index is 0.104. The van der Waals surface area contributed by atoms with Gasteiger partial charge >= 0.3 is 17.8 Å². The average Bonchev–Trinajstić information content (AvgIpc) is 3.17. The maximum absolute atomic E-state index is 12.8. The number of likely N-dealkylation sites (tertiary alicyclic amines) is 1. The van der Waals surface area contributed by atoms with Crippen LogP contribution in [0.4, 0.5) is 13.2 Å². The summed E-state index contributed by atoms with van der Waals surface area (Å²) in [5.74, 6) is -1.96. The van der Waals surface area contributed by atoms with Crippen LogP contribution in [-0.4, -0.2) is 41.1 Å². The summed E-state index contributed by atoms with van der Waals surface area (Å²) in [4.78, 5) is 24.0. The second kappa shape index (κ2) is 4.52. The Bertz CT molecular complexity index is 657. The Hall–Kier alpha value is -2.45. The van der Waals surface area contributed by atoms with Crippen molar-refractivity contribution < 1.29 is 27.9 Å². The molecule has 9 heteroatoms. The van der Waals surface area contributed by atoms with Gasteiger partial charge in [0.1, 0.15) is 0 Å². The van der Waals surface area contributed by atoms with Crippen molar-refractivity contribution in [1.29, 1.82) is 0 Å². The first-order valence-corrected chi connectivity index (χ1v) is 6.38. The number of rotatable bonds is 3.